The molecule has 0 radical (unpaired) electrons. The average Bonchev–Trinajstić information content (AvgIpc) is 3.55. The Morgan fingerprint density at radius 2 is 1.90 bits per heavy atom. The number of benzene rings is 2. The van der Waals surface area contributed by atoms with Gasteiger partial charge >= 0.3 is 0 Å². The summed E-state index contributed by atoms with van der Waals surface area (Å²) in [4.78, 5) is 19.2. The highest BCUT2D eigenvalue weighted by atomic mass is 19.1. The van der Waals surface area contributed by atoms with Gasteiger partial charge in [0, 0.05) is 56.9 Å². The van der Waals surface area contributed by atoms with Crippen LogP contribution in [0.4, 0.5) is 10.3 Å². The van der Waals surface area contributed by atoms with E-state index in [1.54, 1.807) is 25.4 Å². The third kappa shape index (κ3) is 6.92. The number of ether oxygens (including phenoxy) is 1. The molecule has 5 rings (SSSR count). The number of aromatic nitrogens is 4. The molecule has 4 aromatic rings. The molecule has 41 heavy (non-hydrogen) atoms. The number of anilines is 1. The molecule has 1 aliphatic rings. The van der Waals surface area contributed by atoms with Crippen molar-refractivity contribution in [1.82, 2.24) is 29.3 Å². The van der Waals surface area contributed by atoms with E-state index >= 15 is 0 Å². The molecule has 0 saturated carbocycles. The van der Waals surface area contributed by atoms with Gasteiger partial charge < -0.3 is 19.5 Å². The highest BCUT2D eigenvalue weighted by Crippen LogP contribution is 2.39. The number of nitrogens with one attached hydrogen (secondary N) is 1. The Kier molecular flexibility index (Phi) is 9.26. The van der Waals surface area contributed by atoms with E-state index in [-0.39, 0.29) is 11.9 Å². The number of nitrogens with zero attached hydrogens (tertiary/aromatic N) is 6. The van der Waals surface area contributed by atoms with Crippen LogP contribution in [0.3, 0.4) is 0 Å². The summed E-state index contributed by atoms with van der Waals surface area (Å²) < 4.78 is 21.7. The fourth-order valence-electron chi connectivity index (χ4n) is 5.42. The lowest BCUT2D eigenvalue weighted by Gasteiger charge is -2.28. The van der Waals surface area contributed by atoms with Crippen LogP contribution in [0.15, 0.2) is 60.8 Å². The van der Waals surface area contributed by atoms with Crippen LogP contribution in [-0.2, 0) is 13.0 Å². The predicted molar refractivity (Wildman–Crippen MR) is 162 cm³/mol. The number of fused-ring (bicyclic) bond motifs is 1. The minimum atomic E-state index is -0.262. The number of halogens is 1. The molecular weight excluding hydrogens is 517 g/mol. The van der Waals surface area contributed by atoms with Crippen LogP contribution in [0.1, 0.15) is 37.2 Å². The second-order valence-electron chi connectivity index (χ2n) is 10.9. The number of aryl methyl sites for hydroxylation is 1. The predicted octanol–water partition coefficient (Wildman–Crippen LogP) is 5.53. The largest absolute Gasteiger partial charge is 0.497 e. The van der Waals surface area contributed by atoms with Crippen molar-refractivity contribution in [3.63, 3.8) is 0 Å². The van der Waals surface area contributed by atoms with Crippen molar-refractivity contribution in [2.45, 2.75) is 38.8 Å². The first-order valence-electron chi connectivity index (χ1n) is 14.4. The van der Waals surface area contributed by atoms with Crippen molar-refractivity contribution in [1.29, 1.82) is 0 Å². The zero-order valence-corrected chi connectivity index (χ0v) is 24.5. The molecule has 0 spiro atoms. The van der Waals surface area contributed by atoms with Gasteiger partial charge in [0.2, 0.25) is 5.95 Å². The van der Waals surface area contributed by atoms with Gasteiger partial charge in [-0.05, 0) is 75.0 Å². The highest BCUT2D eigenvalue weighted by Gasteiger charge is 2.32. The topological polar surface area (TPSA) is 71.3 Å². The summed E-state index contributed by atoms with van der Waals surface area (Å²) in [5.41, 5.74) is 4.71. The molecule has 0 bridgehead atoms. The lowest BCUT2D eigenvalue weighted by molar-refractivity contribution is 0.204. The molecule has 0 aliphatic carbocycles. The van der Waals surface area contributed by atoms with Crippen LogP contribution in [0, 0.1) is 5.82 Å². The van der Waals surface area contributed by atoms with Crippen LogP contribution >= 0.6 is 0 Å². The summed E-state index contributed by atoms with van der Waals surface area (Å²) in [5, 5.41) is 3.31. The first-order valence-corrected chi connectivity index (χ1v) is 14.4. The molecule has 8 nitrogen and oxygen atoms in total. The van der Waals surface area contributed by atoms with E-state index in [1.807, 2.05) is 18.2 Å². The summed E-state index contributed by atoms with van der Waals surface area (Å²) >= 11 is 0. The average molecular weight is 558 g/mol. The summed E-state index contributed by atoms with van der Waals surface area (Å²) in [6.45, 7) is 6.50. The Labute approximate surface area is 242 Å². The zero-order valence-electron chi connectivity index (χ0n) is 24.5. The highest BCUT2D eigenvalue weighted by molar-refractivity contribution is 5.78. The number of imidazole rings is 1. The van der Waals surface area contributed by atoms with Crippen molar-refractivity contribution in [3.8, 4) is 28.4 Å². The van der Waals surface area contributed by atoms with Crippen molar-refractivity contribution < 1.29 is 9.13 Å². The minimum Gasteiger partial charge on any atom is -0.497 e. The van der Waals surface area contributed by atoms with Crippen LogP contribution in [0.25, 0.3) is 22.6 Å². The number of hydrogen-bond acceptors (Lipinski definition) is 7. The lowest BCUT2D eigenvalue weighted by Crippen LogP contribution is -2.35. The molecule has 9 heteroatoms. The second kappa shape index (κ2) is 13.2. The van der Waals surface area contributed by atoms with E-state index in [9.17, 15) is 4.39 Å². The SMILES string of the molecule is CCCNc1nccc(-c2c(-c3ccc(F)cc3)nc3n2C(CN(CCN(C)C)Cc2cccc(OC)c2)CC3)n1. The van der Waals surface area contributed by atoms with Gasteiger partial charge in [-0.1, -0.05) is 19.1 Å². The monoisotopic (exact) mass is 557 g/mol. The Bertz CT molecular complexity index is 1440. The van der Waals surface area contributed by atoms with Crippen molar-refractivity contribution in [2.75, 3.05) is 52.7 Å². The van der Waals surface area contributed by atoms with Crippen molar-refractivity contribution in [2.24, 2.45) is 0 Å². The quantitative estimate of drug-likeness (QED) is 0.232. The molecule has 0 fully saturated rings. The van der Waals surface area contributed by atoms with Crippen LogP contribution in [-0.4, -0.2) is 76.7 Å². The van der Waals surface area contributed by atoms with E-state index in [2.05, 4.69) is 57.8 Å². The molecule has 1 N–H and O–H groups in total. The van der Waals surface area contributed by atoms with Gasteiger partial charge in [0.1, 0.15) is 17.4 Å². The van der Waals surface area contributed by atoms with Gasteiger partial charge in [-0.15, -0.1) is 0 Å². The van der Waals surface area contributed by atoms with E-state index in [1.165, 1.54) is 17.7 Å². The first-order chi connectivity index (χ1) is 19.9. The summed E-state index contributed by atoms with van der Waals surface area (Å²) in [6, 6.07) is 17.1. The molecule has 1 unspecified atom stereocenters. The second-order valence-corrected chi connectivity index (χ2v) is 10.9. The number of likely N-dealkylation sites (N-methyl/N-ethyl adjacent to an activating group) is 1. The van der Waals surface area contributed by atoms with Crippen LogP contribution in [0.2, 0.25) is 0 Å². The molecule has 0 amide bonds. The minimum absolute atomic E-state index is 0.219. The molecule has 1 atom stereocenters. The van der Waals surface area contributed by atoms with Crippen molar-refractivity contribution in [3.05, 3.63) is 78.0 Å². The third-order valence-electron chi connectivity index (χ3n) is 7.47. The maximum atomic E-state index is 13.8. The smallest absolute Gasteiger partial charge is 0.223 e. The van der Waals surface area contributed by atoms with E-state index in [4.69, 9.17) is 14.7 Å². The molecule has 0 saturated heterocycles. The van der Waals surface area contributed by atoms with Gasteiger partial charge in [0.15, 0.2) is 0 Å². The molecule has 3 heterocycles. The van der Waals surface area contributed by atoms with E-state index in [0.717, 1.165) is 86.2 Å². The number of rotatable bonds is 13. The summed E-state index contributed by atoms with van der Waals surface area (Å²) in [5.74, 6) is 2.25. The van der Waals surface area contributed by atoms with Crippen LogP contribution < -0.4 is 10.1 Å². The third-order valence-corrected chi connectivity index (χ3v) is 7.47. The Balaban J connectivity index is 1.52. The number of hydrogen-bond donors (Lipinski definition) is 1. The van der Waals surface area contributed by atoms with Gasteiger partial charge in [-0.3, -0.25) is 4.90 Å². The fraction of sp³-hybridized carbons (Fsp3) is 0.406. The molecule has 2 aromatic carbocycles. The fourth-order valence-corrected chi connectivity index (χ4v) is 5.42. The summed E-state index contributed by atoms with van der Waals surface area (Å²) in [7, 11) is 5.93. The van der Waals surface area contributed by atoms with Gasteiger partial charge in [0.05, 0.1) is 24.2 Å². The van der Waals surface area contributed by atoms with Gasteiger partial charge in [0.25, 0.3) is 0 Å². The molecule has 216 valence electrons. The first kappa shape index (κ1) is 28.7. The maximum absolute atomic E-state index is 13.8. The van der Waals surface area contributed by atoms with E-state index < -0.39 is 0 Å². The Hall–Kier alpha value is -3.82. The van der Waals surface area contributed by atoms with Gasteiger partial charge in [-0.2, -0.15) is 0 Å². The Morgan fingerprint density at radius 3 is 2.66 bits per heavy atom. The zero-order chi connectivity index (χ0) is 28.8. The molecule has 2 aromatic heterocycles. The maximum Gasteiger partial charge on any atom is 0.223 e. The number of methoxy groups -OCH3 is 1. The van der Waals surface area contributed by atoms with E-state index in [0.29, 0.717) is 5.95 Å². The lowest BCUT2D eigenvalue weighted by atomic mass is 10.1. The standard InChI is InChI=1S/C32H40FN7O/c1-5-16-34-32-35-17-15-28(36-32)31-30(24-9-11-25(33)12-10-24)37-29-14-13-26(40(29)31)22-39(19-18-38(2)3)21-23-7-6-8-27(20-23)41-4/h6-12,15,17,20,26H,5,13-14,16,18-19,21-22H2,1-4H3,(H,34,35,36). The molecular formula is C32H40FN7O. The van der Waals surface area contributed by atoms with Crippen LogP contribution in [0.5, 0.6) is 5.75 Å². The normalized spacial score (nSPS) is 14.6. The van der Waals surface area contributed by atoms with Gasteiger partial charge in [-0.25, -0.2) is 19.3 Å². The van der Waals surface area contributed by atoms with Crippen molar-refractivity contribution >= 4 is 5.95 Å². The summed E-state index contributed by atoms with van der Waals surface area (Å²) in [6.07, 6.45) is 4.66. The Morgan fingerprint density at radius 1 is 1.07 bits per heavy atom. The molecule has 1 aliphatic heterocycles.